The van der Waals surface area contributed by atoms with Gasteiger partial charge in [0, 0.05) is 34.0 Å². The van der Waals surface area contributed by atoms with Crippen LogP contribution in [0.2, 0.25) is 5.02 Å². The fourth-order valence-corrected chi connectivity index (χ4v) is 4.57. The molecule has 5 rings (SSSR count). The van der Waals surface area contributed by atoms with Crippen molar-refractivity contribution >= 4 is 34.0 Å². The number of nitrogens with zero attached hydrogens (tertiary/aromatic N) is 1. The van der Waals surface area contributed by atoms with Gasteiger partial charge in [0.2, 0.25) is 5.91 Å². The Morgan fingerprint density at radius 3 is 2.93 bits per heavy atom. The molecule has 29 heavy (non-hydrogen) atoms. The molecule has 1 amide bonds. The van der Waals surface area contributed by atoms with Crippen LogP contribution in [0.1, 0.15) is 37.7 Å². The molecule has 1 saturated carbocycles. The second-order valence-corrected chi connectivity index (χ2v) is 8.60. The largest absolute Gasteiger partial charge is 0.493 e. The number of hydrogen-bond acceptors (Lipinski definition) is 3. The average Bonchev–Trinajstić information content (AvgIpc) is 3.57. The van der Waals surface area contributed by atoms with E-state index in [-0.39, 0.29) is 5.91 Å². The SMILES string of the molecule is O=C(Nc1cncc2ccccc12)C1(CCC2CC2)CCOc2ccc(Cl)cc21. The van der Waals surface area contributed by atoms with Crippen LogP contribution in [0.25, 0.3) is 10.8 Å². The first-order valence-electron chi connectivity index (χ1n) is 10.2. The molecule has 0 spiro atoms. The number of rotatable bonds is 5. The molecule has 2 aromatic carbocycles. The molecule has 0 bridgehead atoms. The Morgan fingerprint density at radius 2 is 2.07 bits per heavy atom. The molecule has 148 valence electrons. The summed E-state index contributed by atoms with van der Waals surface area (Å²) in [5.74, 6) is 1.51. The van der Waals surface area contributed by atoms with Crippen molar-refractivity contribution < 1.29 is 9.53 Å². The quantitative estimate of drug-likeness (QED) is 0.588. The van der Waals surface area contributed by atoms with E-state index in [1.807, 2.05) is 48.7 Å². The van der Waals surface area contributed by atoms with E-state index in [4.69, 9.17) is 16.3 Å². The molecule has 1 aromatic heterocycles. The van der Waals surface area contributed by atoms with Crippen molar-refractivity contribution in [3.05, 3.63) is 65.4 Å². The van der Waals surface area contributed by atoms with Crippen molar-refractivity contribution in [3.8, 4) is 5.75 Å². The molecule has 2 heterocycles. The summed E-state index contributed by atoms with van der Waals surface area (Å²) < 4.78 is 5.88. The second-order valence-electron chi connectivity index (χ2n) is 8.17. The molecule has 1 aliphatic carbocycles. The molecule has 2 aliphatic rings. The van der Waals surface area contributed by atoms with Gasteiger partial charge < -0.3 is 10.1 Å². The number of halogens is 1. The van der Waals surface area contributed by atoms with Gasteiger partial charge in [-0.05, 0) is 37.0 Å². The zero-order chi connectivity index (χ0) is 19.8. The first kappa shape index (κ1) is 18.4. The third-order valence-electron chi connectivity index (χ3n) is 6.27. The lowest BCUT2D eigenvalue weighted by Crippen LogP contribution is -2.44. The number of hydrogen-bond donors (Lipinski definition) is 1. The molecule has 5 heteroatoms. The lowest BCUT2D eigenvalue weighted by molar-refractivity contribution is -0.123. The molecular weight excluding hydrogens is 384 g/mol. The van der Waals surface area contributed by atoms with Crippen LogP contribution in [0.4, 0.5) is 5.69 Å². The second kappa shape index (κ2) is 7.34. The Bertz CT molecular complexity index is 1070. The van der Waals surface area contributed by atoms with Gasteiger partial charge in [-0.1, -0.05) is 48.7 Å². The van der Waals surface area contributed by atoms with E-state index in [0.717, 1.165) is 46.5 Å². The number of aromatic nitrogens is 1. The summed E-state index contributed by atoms with van der Waals surface area (Å²) in [6, 6.07) is 13.6. The highest BCUT2D eigenvalue weighted by Gasteiger charge is 2.45. The summed E-state index contributed by atoms with van der Waals surface area (Å²) >= 11 is 6.32. The van der Waals surface area contributed by atoms with Crippen LogP contribution in [0, 0.1) is 5.92 Å². The number of fused-ring (bicyclic) bond motifs is 2. The molecule has 0 saturated heterocycles. The van der Waals surface area contributed by atoms with E-state index < -0.39 is 5.41 Å². The smallest absolute Gasteiger partial charge is 0.235 e. The van der Waals surface area contributed by atoms with Gasteiger partial charge >= 0.3 is 0 Å². The molecule has 3 aromatic rings. The summed E-state index contributed by atoms with van der Waals surface area (Å²) in [6.45, 7) is 0.528. The predicted octanol–water partition coefficient (Wildman–Crippen LogP) is 5.74. The molecule has 1 N–H and O–H groups in total. The first-order valence-corrected chi connectivity index (χ1v) is 10.6. The number of nitrogens with one attached hydrogen (secondary N) is 1. The van der Waals surface area contributed by atoms with Crippen molar-refractivity contribution in [2.75, 3.05) is 11.9 Å². The molecule has 1 aliphatic heterocycles. The van der Waals surface area contributed by atoms with Crippen LogP contribution < -0.4 is 10.1 Å². The van der Waals surface area contributed by atoms with E-state index >= 15 is 0 Å². The Morgan fingerprint density at radius 1 is 1.21 bits per heavy atom. The Labute approximate surface area is 175 Å². The van der Waals surface area contributed by atoms with Crippen LogP contribution in [-0.2, 0) is 10.2 Å². The Balaban J connectivity index is 1.55. The van der Waals surface area contributed by atoms with E-state index in [2.05, 4.69) is 10.3 Å². The number of ether oxygens (including phenoxy) is 1. The number of carbonyl (C=O) groups excluding carboxylic acids is 1. The minimum atomic E-state index is -0.641. The number of amides is 1. The molecular formula is C24H23ClN2O2. The zero-order valence-corrected chi connectivity index (χ0v) is 16.9. The fourth-order valence-electron chi connectivity index (χ4n) is 4.40. The molecule has 1 atom stereocenters. The van der Waals surface area contributed by atoms with E-state index in [1.54, 1.807) is 6.20 Å². The number of pyridine rings is 1. The van der Waals surface area contributed by atoms with Crippen LogP contribution in [0.5, 0.6) is 5.75 Å². The van der Waals surface area contributed by atoms with Crippen molar-refractivity contribution in [1.29, 1.82) is 0 Å². The van der Waals surface area contributed by atoms with Gasteiger partial charge in [0.25, 0.3) is 0 Å². The summed E-state index contributed by atoms with van der Waals surface area (Å²) in [7, 11) is 0. The number of carbonyl (C=O) groups is 1. The van der Waals surface area contributed by atoms with Crippen molar-refractivity contribution in [2.45, 2.75) is 37.5 Å². The maximum absolute atomic E-state index is 13.8. The van der Waals surface area contributed by atoms with Crippen molar-refractivity contribution in [3.63, 3.8) is 0 Å². The highest BCUT2D eigenvalue weighted by Crippen LogP contribution is 2.47. The van der Waals surface area contributed by atoms with Gasteiger partial charge in [0.15, 0.2) is 0 Å². The van der Waals surface area contributed by atoms with Gasteiger partial charge in [-0.2, -0.15) is 0 Å². The van der Waals surface area contributed by atoms with Crippen molar-refractivity contribution in [2.24, 2.45) is 5.92 Å². The Hall–Kier alpha value is -2.59. The van der Waals surface area contributed by atoms with Gasteiger partial charge in [0.1, 0.15) is 5.75 Å². The van der Waals surface area contributed by atoms with Crippen LogP contribution in [0.3, 0.4) is 0 Å². The van der Waals surface area contributed by atoms with Crippen LogP contribution in [0.15, 0.2) is 54.9 Å². The summed E-state index contributed by atoms with van der Waals surface area (Å²) in [6.07, 6.45) is 8.58. The average molecular weight is 407 g/mol. The minimum Gasteiger partial charge on any atom is -0.493 e. The van der Waals surface area contributed by atoms with E-state index in [1.165, 1.54) is 12.8 Å². The summed E-state index contributed by atoms with van der Waals surface area (Å²) in [5.41, 5.74) is 1.01. The molecule has 4 nitrogen and oxygen atoms in total. The maximum atomic E-state index is 13.8. The van der Waals surface area contributed by atoms with Gasteiger partial charge in [-0.25, -0.2) is 0 Å². The molecule has 1 fully saturated rings. The lowest BCUT2D eigenvalue weighted by Gasteiger charge is -2.38. The molecule has 1 unspecified atom stereocenters. The number of anilines is 1. The summed E-state index contributed by atoms with van der Waals surface area (Å²) in [4.78, 5) is 18.1. The zero-order valence-electron chi connectivity index (χ0n) is 16.2. The van der Waals surface area contributed by atoms with Crippen LogP contribution in [-0.4, -0.2) is 17.5 Å². The van der Waals surface area contributed by atoms with Crippen LogP contribution >= 0.6 is 11.6 Å². The molecule has 0 radical (unpaired) electrons. The highest BCUT2D eigenvalue weighted by molar-refractivity contribution is 6.30. The Kier molecular flexibility index (Phi) is 4.67. The van der Waals surface area contributed by atoms with Gasteiger partial charge in [0.05, 0.1) is 23.9 Å². The maximum Gasteiger partial charge on any atom is 0.235 e. The first-order chi connectivity index (χ1) is 14.2. The van der Waals surface area contributed by atoms with Gasteiger partial charge in [-0.3, -0.25) is 9.78 Å². The third kappa shape index (κ3) is 3.46. The standard InChI is InChI=1S/C24H23ClN2O2/c25-18-7-8-22-20(13-18)24(11-12-29-22,10-9-16-5-6-16)23(28)27-21-15-26-14-17-3-1-2-4-19(17)21/h1-4,7-8,13-16H,5-6,9-12H2,(H,27,28). The third-order valence-corrected chi connectivity index (χ3v) is 6.51. The van der Waals surface area contributed by atoms with Gasteiger partial charge in [-0.15, -0.1) is 0 Å². The monoisotopic (exact) mass is 406 g/mol. The highest BCUT2D eigenvalue weighted by atomic mass is 35.5. The topological polar surface area (TPSA) is 51.2 Å². The predicted molar refractivity (Wildman–Crippen MR) is 116 cm³/mol. The fraction of sp³-hybridized carbons (Fsp3) is 0.333. The summed E-state index contributed by atoms with van der Waals surface area (Å²) in [5, 5.41) is 5.83. The van der Waals surface area contributed by atoms with Crippen molar-refractivity contribution in [1.82, 2.24) is 4.98 Å². The lowest BCUT2D eigenvalue weighted by atomic mass is 9.71. The van der Waals surface area contributed by atoms with E-state index in [9.17, 15) is 4.79 Å². The minimum absolute atomic E-state index is 0.00289. The number of benzene rings is 2. The van der Waals surface area contributed by atoms with E-state index in [0.29, 0.717) is 18.1 Å². The normalized spacial score (nSPS) is 20.7.